The number of aromatic nitrogens is 3. The van der Waals surface area contributed by atoms with E-state index in [0.29, 0.717) is 21.5 Å². The molecule has 0 fully saturated rings. The summed E-state index contributed by atoms with van der Waals surface area (Å²) in [6, 6.07) is 9.83. The third-order valence-corrected chi connectivity index (χ3v) is 7.67. The molecule has 1 aliphatic rings. The largest absolute Gasteiger partial charge is 0.326 e. The van der Waals surface area contributed by atoms with Gasteiger partial charge in [0.05, 0.1) is 17.7 Å². The van der Waals surface area contributed by atoms with Crippen LogP contribution in [0.2, 0.25) is 0 Å². The molecular formula is C23H24N6O2S2. The van der Waals surface area contributed by atoms with E-state index in [0.717, 1.165) is 42.5 Å². The number of anilines is 2. The zero-order valence-corrected chi connectivity index (χ0v) is 20.1. The molecule has 2 aromatic heterocycles. The smallest absolute Gasteiger partial charge is 0.235 e. The molecule has 4 rings (SSSR count). The normalized spacial score (nSPS) is 12.6. The van der Waals surface area contributed by atoms with E-state index in [1.165, 1.54) is 28.0 Å². The second-order valence-electron chi connectivity index (χ2n) is 7.91. The summed E-state index contributed by atoms with van der Waals surface area (Å²) < 4.78 is 1.72. The molecule has 8 nitrogen and oxygen atoms in total. The zero-order chi connectivity index (χ0) is 23.4. The number of nitriles is 1. The summed E-state index contributed by atoms with van der Waals surface area (Å²) in [5, 5.41) is 24.7. The fourth-order valence-corrected chi connectivity index (χ4v) is 5.66. The number of thiophene rings is 1. The van der Waals surface area contributed by atoms with E-state index in [1.807, 2.05) is 31.2 Å². The molecule has 1 aromatic carbocycles. The number of carbonyl (C=O) groups excluding carboxylic acids is 2. The lowest BCUT2D eigenvalue weighted by molar-refractivity contribution is -0.116. The lowest BCUT2D eigenvalue weighted by Gasteiger charge is -2.09. The standard InChI is InChI=1S/C23H24N6O2S2/c1-14-7-9-15(10-8-14)25-20(30)11-19-27-28-23(29(19)2)32-13-21(31)26-22-17(12-24)16-5-3-4-6-18(16)33-22/h7-10H,3-6,11,13H2,1-2H3,(H,25,30)(H,26,31). The molecule has 2 N–H and O–H groups in total. The highest BCUT2D eigenvalue weighted by molar-refractivity contribution is 7.99. The maximum Gasteiger partial charge on any atom is 0.235 e. The van der Waals surface area contributed by atoms with Crippen LogP contribution in [0.3, 0.4) is 0 Å². The van der Waals surface area contributed by atoms with Crippen molar-refractivity contribution < 1.29 is 9.59 Å². The first kappa shape index (κ1) is 23.0. The summed E-state index contributed by atoms with van der Waals surface area (Å²) in [7, 11) is 1.77. The SMILES string of the molecule is Cc1ccc(NC(=O)Cc2nnc(SCC(=O)Nc3sc4c(c3C#N)CCCC4)n2C)cc1. The van der Waals surface area contributed by atoms with E-state index < -0.39 is 0 Å². The van der Waals surface area contributed by atoms with E-state index in [1.54, 1.807) is 11.6 Å². The molecule has 0 radical (unpaired) electrons. The van der Waals surface area contributed by atoms with Crippen LogP contribution in [0, 0.1) is 18.3 Å². The second-order valence-corrected chi connectivity index (χ2v) is 9.96. The Bertz CT molecular complexity index is 1220. The molecule has 1 aliphatic carbocycles. The van der Waals surface area contributed by atoms with Gasteiger partial charge in [0.25, 0.3) is 0 Å². The van der Waals surface area contributed by atoms with Gasteiger partial charge in [0.1, 0.15) is 16.9 Å². The van der Waals surface area contributed by atoms with Gasteiger partial charge in [-0.25, -0.2) is 0 Å². The molecule has 2 amide bonds. The van der Waals surface area contributed by atoms with Crippen molar-refractivity contribution in [1.82, 2.24) is 14.8 Å². The predicted octanol–water partition coefficient (Wildman–Crippen LogP) is 3.85. The number of nitrogens with one attached hydrogen (secondary N) is 2. The van der Waals surface area contributed by atoms with Gasteiger partial charge in [-0.05, 0) is 50.3 Å². The topological polar surface area (TPSA) is 113 Å². The number of aryl methyl sites for hydroxylation is 2. The van der Waals surface area contributed by atoms with E-state index >= 15 is 0 Å². The number of amides is 2. The Balaban J connectivity index is 1.33. The summed E-state index contributed by atoms with van der Waals surface area (Å²) in [4.78, 5) is 26.1. The maximum atomic E-state index is 12.5. The highest BCUT2D eigenvalue weighted by atomic mass is 32.2. The van der Waals surface area contributed by atoms with Crippen LogP contribution in [0.4, 0.5) is 10.7 Å². The summed E-state index contributed by atoms with van der Waals surface area (Å²) in [5.41, 5.74) is 3.55. The van der Waals surface area contributed by atoms with Gasteiger partial charge in [-0.3, -0.25) is 9.59 Å². The monoisotopic (exact) mass is 480 g/mol. The van der Waals surface area contributed by atoms with Gasteiger partial charge >= 0.3 is 0 Å². The molecule has 2 heterocycles. The quantitative estimate of drug-likeness (QED) is 0.497. The number of hydrogen-bond acceptors (Lipinski definition) is 7. The zero-order valence-electron chi connectivity index (χ0n) is 18.5. The molecule has 0 unspecified atom stereocenters. The average Bonchev–Trinajstić information content (AvgIpc) is 3.33. The summed E-state index contributed by atoms with van der Waals surface area (Å²) in [5.74, 6) is 0.265. The van der Waals surface area contributed by atoms with Crippen molar-refractivity contribution in [3.05, 3.63) is 51.7 Å². The first-order valence-corrected chi connectivity index (χ1v) is 12.5. The number of hydrogen-bond donors (Lipinski definition) is 2. The summed E-state index contributed by atoms with van der Waals surface area (Å²) >= 11 is 2.75. The van der Waals surface area contributed by atoms with E-state index in [-0.39, 0.29) is 24.0 Å². The van der Waals surface area contributed by atoms with Crippen LogP contribution in [0.15, 0.2) is 29.4 Å². The first-order chi connectivity index (χ1) is 15.9. The van der Waals surface area contributed by atoms with Gasteiger partial charge in [0.2, 0.25) is 11.8 Å². The average molecular weight is 481 g/mol. The van der Waals surface area contributed by atoms with Crippen LogP contribution in [0.25, 0.3) is 0 Å². The summed E-state index contributed by atoms with van der Waals surface area (Å²) in [6.45, 7) is 1.99. The van der Waals surface area contributed by atoms with Crippen LogP contribution >= 0.6 is 23.1 Å². The Labute approximate surface area is 200 Å². The number of rotatable bonds is 7. The van der Waals surface area contributed by atoms with Crippen molar-refractivity contribution in [3.63, 3.8) is 0 Å². The highest BCUT2D eigenvalue weighted by Gasteiger charge is 2.22. The number of thioether (sulfide) groups is 1. The first-order valence-electron chi connectivity index (χ1n) is 10.7. The Morgan fingerprint density at radius 3 is 2.67 bits per heavy atom. The molecule has 0 saturated heterocycles. The lowest BCUT2D eigenvalue weighted by atomic mass is 9.96. The third kappa shape index (κ3) is 5.43. The van der Waals surface area contributed by atoms with Crippen molar-refractivity contribution in [2.24, 2.45) is 7.05 Å². The minimum absolute atomic E-state index is 0.0798. The number of nitrogens with zero attached hydrogens (tertiary/aromatic N) is 4. The molecule has 170 valence electrons. The Hall–Kier alpha value is -3.16. The summed E-state index contributed by atoms with van der Waals surface area (Å²) in [6.07, 6.45) is 4.16. The van der Waals surface area contributed by atoms with Crippen LogP contribution in [0.5, 0.6) is 0 Å². The molecule has 10 heteroatoms. The van der Waals surface area contributed by atoms with Crippen molar-refractivity contribution in [2.75, 3.05) is 16.4 Å². The van der Waals surface area contributed by atoms with Crippen LogP contribution < -0.4 is 10.6 Å². The number of carbonyl (C=O) groups is 2. The Kier molecular flexibility index (Phi) is 7.11. The highest BCUT2D eigenvalue weighted by Crippen LogP contribution is 2.37. The van der Waals surface area contributed by atoms with Crippen molar-refractivity contribution in [2.45, 2.75) is 44.2 Å². The maximum absolute atomic E-state index is 12.5. The van der Waals surface area contributed by atoms with Crippen LogP contribution in [0.1, 0.15) is 40.2 Å². The Morgan fingerprint density at radius 2 is 1.91 bits per heavy atom. The predicted molar refractivity (Wildman–Crippen MR) is 130 cm³/mol. The molecule has 0 saturated carbocycles. The molecule has 3 aromatic rings. The van der Waals surface area contributed by atoms with Crippen LogP contribution in [-0.2, 0) is 35.9 Å². The minimum Gasteiger partial charge on any atom is -0.326 e. The second kappa shape index (κ2) is 10.2. The van der Waals surface area contributed by atoms with Gasteiger partial charge in [-0.15, -0.1) is 21.5 Å². The number of benzene rings is 1. The molecular weight excluding hydrogens is 456 g/mol. The minimum atomic E-state index is -0.197. The fraction of sp³-hybridized carbons (Fsp3) is 0.348. The van der Waals surface area contributed by atoms with Crippen molar-refractivity contribution in [3.8, 4) is 6.07 Å². The van der Waals surface area contributed by atoms with Crippen LogP contribution in [-0.4, -0.2) is 32.3 Å². The van der Waals surface area contributed by atoms with Gasteiger partial charge < -0.3 is 15.2 Å². The van der Waals surface area contributed by atoms with Crippen molar-refractivity contribution >= 4 is 45.6 Å². The Morgan fingerprint density at radius 1 is 1.15 bits per heavy atom. The molecule has 33 heavy (non-hydrogen) atoms. The van der Waals surface area contributed by atoms with Gasteiger partial charge in [0.15, 0.2) is 5.16 Å². The molecule has 0 bridgehead atoms. The van der Waals surface area contributed by atoms with Gasteiger partial charge in [-0.2, -0.15) is 5.26 Å². The van der Waals surface area contributed by atoms with E-state index in [9.17, 15) is 14.9 Å². The van der Waals surface area contributed by atoms with Gasteiger partial charge in [0, 0.05) is 17.6 Å². The third-order valence-electron chi connectivity index (χ3n) is 5.45. The van der Waals surface area contributed by atoms with E-state index in [2.05, 4.69) is 26.9 Å². The van der Waals surface area contributed by atoms with E-state index in [4.69, 9.17) is 0 Å². The molecule has 0 aliphatic heterocycles. The van der Waals surface area contributed by atoms with Crippen molar-refractivity contribution in [1.29, 1.82) is 5.26 Å². The molecule has 0 spiro atoms. The fourth-order valence-electron chi connectivity index (χ4n) is 3.68. The van der Waals surface area contributed by atoms with Gasteiger partial charge in [-0.1, -0.05) is 29.5 Å². The molecule has 0 atom stereocenters. The lowest BCUT2D eigenvalue weighted by Crippen LogP contribution is -2.17. The number of fused-ring (bicyclic) bond motifs is 1.